The normalized spacial score (nSPS) is 14.5. The molecule has 118 valence electrons. The van der Waals surface area contributed by atoms with Gasteiger partial charge in [-0.2, -0.15) is 0 Å². The minimum Gasteiger partial charge on any atom is -0.345 e. The molecular weight excluding hydrogens is 282 g/mol. The average Bonchev–Trinajstić information content (AvgIpc) is 2.95. The zero-order chi connectivity index (χ0) is 16.1. The minimum atomic E-state index is -0.685. The second kappa shape index (κ2) is 7.06. The van der Waals surface area contributed by atoms with E-state index in [-0.39, 0.29) is 11.9 Å². The predicted octanol–water partition coefficient (Wildman–Crippen LogP) is 1.95. The van der Waals surface area contributed by atoms with Crippen molar-refractivity contribution in [2.45, 2.75) is 45.6 Å². The predicted molar refractivity (Wildman–Crippen MR) is 84.5 cm³/mol. The first-order chi connectivity index (χ1) is 10.5. The lowest BCUT2D eigenvalue weighted by molar-refractivity contribution is -0.136. The second-order valence-corrected chi connectivity index (χ2v) is 5.57. The van der Waals surface area contributed by atoms with Crippen LogP contribution in [0.3, 0.4) is 0 Å². The third kappa shape index (κ3) is 4.07. The number of nitrogens with one attached hydrogen (secondary N) is 3. The highest BCUT2D eigenvalue weighted by Crippen LogP contribution is 2.23. The molecule has 0 spiro atoms. The smallest absolute Gasteiger partial charge is 0.313 e. The van der Waals surface area contributed by atoms with Gasteiger partial charge >= 0.3 is 11.8 Å². The first-order valence-electron chi connectivity index (χ1n) is 7.46. The molecule has 3 N–H and O–H groups in total. The summed E-state index contributed by atoms with van der Waals surface area (Å²) >= 11 is 0. The Morgan fingerprint density at radius 3 is 2.18 bits per heavy atom. The van der Waals surface area contributed by atoms with Crippen LogP contribution in [0.2, 0.25) is 0 Å². The summed E-state index contributed by atoms with van der Waals surface area (Å²) in [5.74, 6) is -1.49. The molecule has 0 radical (unpaired) electrons. The molecule has 0 heterocycles. The number of rotatable bonds is 3. The summed E-state index contributed by atoms with van der Waals surface area (Å²) in [6, 6.07) is 5.25. The van der Waals surface area contributed by atoms with Crippen LogP contribution in [0.5, 0.6) is 0 Å². The Morgan fingerprint density at radius 2 is 1.59 bits per heavy atom. The summed E-state index contributed by atoms with van der Waals surface area (Å²) in [5.41, 5.74) is 1.83. The largest absolute Gasteiger partial charge is 0.345 e. The first-order valence-corrected chi connectivity index (χ1v) is 7.46. The lowest BCUT2D eigenvalue weighted by Crippen LogP contribution is -2.40. The molecule has 0 saturated heterocycles. The molecule has 1 saturated carbocycles. The second-order valence-electron chi connectivity index (χ2n) is 5.57. The average molecular weight is 303 g/mol. The quantitative estimate of drug-likeness (QED) is 0.746. The van der Waals surface area contributed by atoms with Gasteiger partial charge in [-0.05, 0) is 37.5 Å². The molecule has 0 unspecified atom stereocenters. The van der Waals surface area contributed by atoms with E-state index in [0.29, 0.717) is 16.9 Å². The highest BCUT2D eigenvalue weighted by molar-refractivity contribution is 6.39. The molecule has 1 aliphatic rings. The van der Waals surface area contributed by atoms with Gasteiger partial charge in [0.25, 0.3) is 0 Å². The summed E-state index contributed by atoms with van der Waals surface area (Å²) in [6.07, 6.45) is 4.03. The first kappa shape index (κ1) is 16.0. The molecule has 2 rings (SSSR count). The van der Waals surface area contributed by atoms with Gasteiger partial charge in [-0.3, -0.25) is 14.4 Å². The standard InChI is InChI=1S/C16H21N3O3/c1-10-13(17-11(2)20)8-5-9-14(10)19-16(22)15(21)18-12-6-3-4-7-12/h5,8-9,12H,3-4,6-7H2,1-2H3,(H,17,20)(H,18,21)(H,19,22). The van der Waals surface area contributed by atoms with E-state index in [1.807, 2.05) is 0 Å². The molecule has 1 fully saturated rings. The molecule has 0 aliphatic heterocycles. The zero-order valence-electron chi connectivity index (χ0n) is 12.9. The maximum atomic E-state index is 12.0. The number of amides is 3. The van der Waals surface area contributed by atoms with Crippen molar-refractivity contribution in [2.24, 2.45) is 0 Å². The van der Waals surface area contributed by atoms with Gasteiger partial charge < -0.3 is 16.0 Å². The van der Waals surface area contributed by atoms with Crippen molar-refractivity contribution in [3.05, 3.63) is 23.8 Å². The van der Waals surface area contributed by atoms with Crippen molar-refractivity contribution in [2.75, 3.05) is 10.6 Å². The molecule has 1 aromatic carbocycles. The fourth-order valence-electron chi connectivity index (χ4n) is 2.60. The Bertz CT molecular complexity index is 592. The Morgan fingerprint density at radius 1 is 1.00 bits per heavy atom. The molecular formula is C16H21N3O3. The van der Waals surface area contributed by atoms with Gasteiger partial charge in [0.2, 0.25) is 5.91 Å². The monoisotopic (exact) mass is 303 g/mol. The van der Waals surface area contributed by atoms with Gasteiger partial charge in [0.1, 0.15) is 0 Å². The van der Waals surface area contributed by atoms with Gasteiger partial charge in [-0.15, -0.1) is 0 Å². The van der Waals surface area contributed by atoms with Crippen LogP contribution in [-0.2, 0) is 14.4 Å². The Labute approximate surface area is 129 Å². The zero-order valence-corrected chi connectivity index (χ0v) is 12.9. The SMILES string of the molecule is CC(=O)Nc1cccc(NC(=O)C(=O)NC2CCCC2)c1C. The fraction of sp³-hybridized carbons (Fsp3) is 0.438. The lowest BCUT2D eigenvalue weighted by atomic mass is 10.1. The lowest BCUT2D eigenvalue weighted by Gasteiger charge is -2.14. The van der Waals surface area contributed by atoms with Gasteiger partial charge in [0, 0.05) is 24.3 Å². The maximum absolute atomic E-state index is 12.0. The van der Waals surface area contributed by atoms with E-state index >= 15 is 0 Å². The third-order valence-electron chi connectivity index (χ3n) is 3.79. The van der Waals surface area contributed by atoms with Crippen LogP contribution >= 0.6 is 0 Å². The number of hydrogen-bond acceptors (Lipinski definition) is 3. The number of hydrogen-bond donors (Lipinski definition) is 3. The van der Waals surface area contributed by atoms with E-state index in [1.54, 1.807) is 25.1 Å². The minimum absolute atomic E-state index is 0.102. The highest BCUT2D eigenvalue weighted by atomic mass is 16.2. The van der Waals surface area contributed by atoms with Crippen molar-refractivity contribution in [3.8, 4) is 0 Å². The van der Waals surface area contributed by atoms with Crippen LogP contribution in [0.4, 0.5) is 11.4 Å². The Hall–Kier alpha value is -2.37. The van der Waals surface area contributed by atoms with Crippen LogP contribution < -0.4 is 16.0 Å². The summed E-state index contributed by atoms with van der Waals surface area (Å²) in [7, 11) is 0. The molecule has 6 nitrogen and oxygen atoms in total. The van der Waals surface area contributed by atoms with E-state index in [0.717, 1.165) is 25.7 Å². The fourth-order valence-corrected chi connectivity index (χ4v) is 2.60. The van der Waals surface area contributed by atoms with Gasteiger partial charge in [0.15, 0.2) is 0 Å². The van der Waals surface area contributed by atoms with Crippen LogP contribution in [0.25, 0.3) is 0 Å². The van der Waals surface area contributed by atoms with Crippen molar-refractivity contribution >= 4 is 29.1 Å². The van der Waals surface area contributed by atoms with Gasteiger partial charge in [0.05, 0.1) is 0 Å². The number of anilines is 2. The molecule has 0 aromatic heterocycles. The number of carbonyl (C=O) groups is 3. The van der Waals surface area contributed by atoms with Crippen LogP contribution in [-0.4, -0.2) is 23.8 Å². The topological polar surface area (TPSA) is 87.3 Å². The Kier molecular flexibility index (Phi) is 5.14. The van der Waals surface area contributed by atoms with E-state index in [2.05, 4.69) is 16.0 Å². The van der Waals surface area contributed by atoms with Gasteiger partial charge in [-0.25, -0.2) is 0 Å². The Balaban J connectivity index is 2.01. The summed E-state index contributed by atoms with van der Waals surface area (Å²) in [4.78, 5) is 35.0. The summed E-state index contributed by atoms with van der Waals surface area (Å²) in [6.45, 7) is 3.19. The van der Waals surface area contributed by atoms with Crippen LogP contribution in [0, 0.1) is 6.92 Å². The van der Waals surface area contributed by atoms with E-state index in [9.17, 15) is 14.4 Å². The van der Waals surface area contributed by atoms with Crippen LogP contribution in [0.15, 0.2) is 18.2 Å². The van der Waals surface area contributed by atoms with E-state index in [4.69, 9.17) is 0 Å². The van der Waals surface area contributed by atoms with Crippen molar-refractivity contribution in [1.82, 2.24) is 5.32 Å². The summed E-state index contributed by atoms with van der Waals surface area (Å²) < 4.78 is 0. The molecule has 1 aromatic rings. The summed E-state index contributed by atoms with van der Waals surface area (Å²) in [5, 5.41) is 8.02. The molecule has 0 bridgehead atoms. The van der Waals surface area contributed by atoms with Crippen molar-refractivity contribution in [3.63, 3.8) is 0 Å². The maximum Gasteiger partial charge on any atom is 0.313 e. The van der Waals surface area contributed by atoms with E-state index in [1.165, 1.54) is 6.92 Å². The van der Waals surface area contributed by atoms with Gasteiger partial charge in [-0.1, -0.05) is 18.9 Å². The molecule has 6 heteroatoms. The molecule has 3 amide bonds. The number of carbonyl (C=O) groups excluding carboxylic acids is 3. The third-order valence-corrected chi connectivity index (χ3v) is 3.79. The van der Waals surface area contributed by atoms with Crippen molar-refractivity contribution in [1.29, 1.82) is 0 Å². The number of benzene rings is 1. The highest BCUT2D eigenvalue weighted by Gasteiger charge is 2.22. The van der Waals surface area contributed by atoms with Crippen molar-refractivity contribution < 1.29 is 14.4 Å². The van der Waals surface area contributed by atoms with E-state index < -0.39 is 11.8 Å². The van der Waals surface area contributed by atoms with Crippen LogP contribution in [0.1, 0.15) is 38.2 Å². The molecule has 22 heavy (non-hydrogen) atoms. The molecule has 1 aliphatic carbocycles. The molecule has 0 atom stereocenters.